The van der Waals surface area contributed by atoms with Crippen LogP contribution in [-0.2, 0) is 13.0 Å². The van der Waals surface area contributed by atoms with Gasteiger partial charge in [-0.05, 0) is 124 Å². The fourth-order valence-electron chi connectivity index (χ4n) is 9.81. The molecule has 3 aliphatic rings. The van der Waals surface area contributed by atoms with Crippen molar-refractivity contribution in [2.24, 2.45) is 4.99 Å². The number of carbonyl (C=O) groups excluding carboxylic acids is 2. The minimum Gasteiger partial charge on any atom is -0.478 e. The number of pyridine rings is 3. The molecule has 0 atom stereocenters. The first-order chi connectivity index (χ1) is 35.7. The number of unbranched alkanes of at least 4 members (excludes halogenated alkanes) is 1. The van der Waals surface area contributed by atoms with Crippen molar-refractivity contribution in [2.45, 2.75) is 66.0 Å². The fourth-order valence-corrected chi connectivity index (χ4v) is 9.81. The third-order valence-corrected chi connectivity index (χ3v) is 13.8. The molecule has 1 fully saturated rings. The number of carboxylic acid groups (broad SMARTS) is 1. The van der Waals surface area contributed by atoms with Crippen LogP contribution in [0.1, 0.15) is 94.0 Å². The van der Waals surface area contributed by atoms with Gasteiger partial charge in [0.15, 0.2) is 5.65 Å². The van der Waals surface area contributed by atoms with Gasteiger partial charge in [0.1, 0.15) is 17.2 Å². The lowest BCUT2D eigenvalue weighted by Gasteiger charge is -2.35. The number of anilines is 2. The van der Waals surface area contributed by atoms with Crippen molar-refractivity contribution in [3.8, 4) is 33.7 Å². The van der Waals surface area contributed by atoms with Gasteiger partial charge in [-0.2, -0.15) is 5.10 Å². The Bertz CT molecular complexity index is 3490. The molecule has 0 spiro atoms. The number of rotatable bonds is 17. The van der Waals surface area contributed by atoms with Crippen LogP contribution in [0.3, 0.4) is 0 Å². The largest absolute Gasteiger partial charge is 0.478 e. The Balaban J connectivity index is 0.812. The summed E-state index contributed by atoms with van der Waals surface area (Å²) in [6, 6.07) is 23.9. The van der Waals surface area contributed by atoms with E-state index in [0.29, 0.717) is 68.0 Å². The molecule has 17 heteroatoms. The van der Waals surface area contributed by atoms with Gasteiger partial charge in [-0.25, -0.2) is 19.4 Å². The number of aromatic carboxylic acids is 1. The Hall–Kier alpha value is -8.18. The van der Waals surface area contributed by atoms with E-state index in [9.17, 15) is 24.3 Å². The maximum atomic E-state index is 13.9. The summed E-state index contributed by atoms with van der Waals surface area (Å²) in [4.78, 5) is 76.9. The molecule has 2 aliphatic heterocycles. The maximum absolute atomic E-state index is 13.9. The van der Waals surface area contributed by atoms with E-state index in [0.717, 1.165) is 97.5 Å². The van der Waals surface area contributed by atoms with Crippen LogP contribution < -0.4 is 31.3 Å². The number of H-pyrrole nitrogens is 1. The summed E-state index contributed by atoms with van der Waals surface area (Å²) in [5, 5.41) is 23.1. The average molecular weight is 998 g/mol. The Kier molecular flexibility index (Phi) is 15.0. The second-order valence-corrected chi connectivity index (χ2v) is 19.4. The molecule has 382 valence electrons. The Morgan fingerprint density at radius 1 is 0.878 bits per heavy atom. The Morgan fingerprint density at radius 2 is 1.69 bits per heavy atom. The number of carbonyl (C=O) groups is 3. The first-order valence-corrected chi connectivity index (χ1v) is 25.3. The lowest BCUT2D eigenvalue weighted by molar-refractivity contribution is 0.0696. The zero-order chi connectivity index (χ0) is 52.2. The highest BCUT2D eigenvalue weighted by Gasteiger charge is 2.25. The van der Waals surface area contributed by atoms with E-state index in [1.165, 1.54) is 6.07 Å². The first kappa shape index (κ1) is 50.7. The number of fused-ring (bicyclic) bond motifs is 3. The fraction of sp³-hybridized carbons (Fsp3) is 0.333. The van der Waals surface area contributed by atoms with Crippen molar-refractivity contribution in [1.82, 2.24) is 40.3 Å². The van der Waals surface area contributed by atoms with Gasteiger partial charge in [-0.3, -0.25) is 24.3 Å². The summed E-state index contributed by atoms with van der Waals surface area (Å²) in [7, 11) is 5.59. The second kappa shape index (κ2) is 21.9. The zero-order valence-electron chi connectivity index (χ0n) is 43.1. The number of hydrogen-bond donors (Lipinski definition) is 4. The third kappa shape index (κ3) is 10.6. The van der Waals surface area contributed by atoms with E-state index < -0.39 is 5.97 Å². The lowest BCUT2D eigenvalue weighted by Crippen LogP contribution is -2.47. The molecule has 9 rings (SSSR count). The number of nitrogens with zero attached hydrogens (tertiary/aromatic N) is 8. The molecule has 4 N–H and O–H groups in total. The van der Waals surface area contributed by atoms with Crippen LogP contribution in [0.25, 0.3) is 55.7 Å². The third-order valence-electron chi connectivity index (χ3n) is 13.8. The normalized spacial score (nSPS) is 13.4. The summed E-state index contributed by atoms with van der Waals surface area (Å²) >= 11 is 0. The van der Waals surface area contributed by atoms with Gasteiger partial charge in [0, 0.05) is 129 Å². The average Bonchev–Trinajstić information content (AvgIpc) is 3.84. The highest BCUT2D eigenvalue weighted by molar-refractivity contribution is 6.10. The van der Waals surface area contributed by atoms with Crippen molar-refractivity contribution in [3.05, 3.63) is 140 Å². The number of benzene rings is 3. The number of aromatic nitrogens is 5. The highest BCUT2D eigenvalue weighted by atomic mass is 16.4. The van der Waals surface area contributed by atoms with E-state index in [1.54, 1.807) is 37.6 Å². The molecule has 2 amide bonds. The first-order valence-electron chi connectivity index (χ1n) is 25.3. The summed E-state index contributed by atoms with van der Waals surface area (Å²) in [6.07, 6.45) is 6.76. The number of aromatic amines is 1. The van der Waals surface area contributed by atoms with Gasteiger partial charge < -0.3 is 34.9 Å². The van der Waals surface area contributed by atoms with Crippen molar-refractivity contribution >= 4 is 51.3 Å². The van der Waals surface area contributed by atoms with Crippen molar-refractivity contribution < 1.29 is 23.9 Å². The number of nitrogens with one attached hydrogen (secondary N) is 3. The molecule has 0 saturated carbocycles. The number of amides is 2. The molecular weight excluding hydrogens is 935 g/mol. The van der Waals surface area contributed by atoms with Crippen molar-refractivity contribution in [1.29, 1.82) is 0 Å². The van der Waals surface area contributed by atoms with Crippen LogP contribution in [0.15, 0.2) is 105 Å². The molecule has 74 heavy (non-hydrogen) atoms. The number of aryl methyl sites for hydroxylation is 2. The lowest BCUT2D eigenvalue weighted by atomic mass is 9.89. The van der Waals surface area contributed by atoms with E-state index in [1.807, 2.05) is 99.0 Å². The smallest absolute Gasteiger partial charge is 0.336 e. The number of piperazine rings is 1. The van der Waals surface area contributed by atoms with Gasteiger partial charge in [0.05, 0.1) is 33.8 Å². The molecule has 17 nitrogen and oxygen atoms in total. The minimum absolute atomic E-state index is 0.00613. The zero-order valence-corrected chi connectivity index (χ0v) is 43.1. The van der Waals surface area contributed by atoms with Crippen LogP contribution in [0.4, 0.5) is 11.5 Å². The predicted molar refractivity (Wildman–Crippen MR) is 289 cm³/mol. The van der Waals surface area contributed by atoms with Crippen LogP contribution >= 0.6 is 0 Å². The SMILES string of the molecule is CCCc1cc(C)[nH]c(=O)c1CNC(=O)c1cc(-c2ccc(N3CCN(CCCCNC(=O)c4ccc(C(=O)O)c(-c5c6cc/c(=N/C)cc-6oc6cc(N(C)C)ccc56)c4)CC3)nc2)nc2c1cnn2C(C)C. The predicted octanol–water partition coefficient (Wildman–Crippen LogP) is 8.10. The van der Waals surface area contributed by atoms with Gasteiger partial charge in [-0.15, -0.1) is 0 Å². The monoisotopic (exact) mass is 997 g/mol. The molecule has 4 aromatic heterocycles. The maximum Gasteiger partial charge on any atom is 0.336 e. The number of hydrogen-bond acceptors (Lipinski definition) is 12. The van der Waals surface area contributed by atoms with Crippen LogP contribution in [0.5, 0.6) is 0 Å². The summed E-state index contributed by atoms with van der Waals surface area (Å²) in [6.45, 7) is 12.7. The van der Waals surface area contributed by atoms with Gasteiger partial charge >= 0.3 is 5.97 Å². The van der Waals surface area contributed by atoms with Crippen LogP contribution in [-0.4, -0.2) is 113 Å². The minimum atomic E-state index is -1.10. The molecular formula is C57H63N11O6. The standard InChI is InChI=1S/C57H63N11O6/c1-8-11-36-26-35(4)63-56(71)46(36)32-61-55(70)45-30-48(64-53-47(45)33-62-68(53)34(2)3)38-13-19-51(60-31-38)67-24-22-66(23-25-67)21-10-9-20-59-54(69)37-12-16-41(57(72)73)44(27-37)52-42-17-14-39(58-5)28-49(42)74-50-29-40(65(6)7)15-18-43(50)52/h12-19,26-31,33-34H,8-11,20-25,32H2,1-7H3,(H,59,69)(H,61,70)(H,63,71)(H,72,73)/b58-39-. The summed E-state index contributed by atoms with van der Waals surface area (Å²) in [5.41, 5.74) is 8.24. The van der Waals surface area contributed by atoms with E-state index >= 15 is 0 Å². The van der Waals surface area contributed by atoms with Gasteiger partial charge in [0.25, 0.3) is 17.4 Å². The molecule has 0 radical (unpaired) electrons. The molecule has 2 aromatic carbocycles. The van der Waals surface area contributed by atoms with E-state index in [-0.39, 0.29) is 35.5 Å². The van der Waals surface area contributed by atoms with E-state index in [4.69, 9.17) is 14.4 Å². The Morgan fingerprint density at radius 3 is 2.41 bits per heavy atom. The van der Waals surface area contributed by atoms with Crippen LogP contribution in [0, 0.1) is 6.92 Å². The molecule has 0 unspecified atom stereocenters. The molecule has 1 aliphatic carbocycles. The molecule has 6 heterocycles. The Labute approximate surface area is 429 Å². The molecule has 1 saturated heterocycles. The molecule has 0 bridgehead atoms. The van der Waals surface area contributed by atoms with Gasteiger partial charge in [0.2, 0.25) is 0 Å². The summed E-state index contributed by atoms with van der Waals surface area (Å²) < 4.78 is 8.20. The highest BCUT2D eigenvalue weighted by Crippen LogP contribution is 2.42. The second-order valence-electron chi connectivity index (χ2n) is 19.4. The van der Waals surface area contributed by atoms with Crippen molar-refractivity contribution in [2.75, 3.05) is 70.2 Å². The van der Waals surface area contributed by atoms with E-state index in [2.05, 4.69) is 42.4 Å². The van der Waals surface area contributed by atoms with Crippen LogP contribution in [0.2, 0.25) is 0 Å². The summed E-state index contributed by atoms with van der Waals surface area (Å²) in [5.74, 6) is -0.273. The van der Waals surface area contributed by atoms with Crippen molar-refractivity contribution in [3.63, 3.8) is 0 Å². The van der Waals surface area contributed by atoms with Gasteiger partial charge in [-0.1, -0.05) is 13.3 Å². The number of carboxylic acids is 1. The topological polar surface area (TPSA) is 207 Å². The quantitative estimate of drug-likeness (QED) is 0.0504. The molecule has 6 aromatic rings.